The number of hydrogen-bond donors (Lipinski definition) is 0. The largest absolute Gasteiger partial charge is 0.497 e. The quantitative estimate of drug-likeness (QED) is 0.613. The van der Waals surface area contributed by atoms with Gasteiger partial charge in [-0.05, 0) is 59.7 Å². The number of carbonyl (C=O) groups excluding carboxylic acids is 1. The number of rotatable bonds is 5. The van der Waals surface area contributed by atoms with Crippen molar-refractivity contribution in [3.8, 4) is 5.75 Å². The Morgan fingerprint density at radius 2 is 1.88 bits per heavy atom. The highest BCUT2D eigenvalue weighted by atomic mass is 32.1. The first-order valence-electron chi connectivity index (χ1n) is 8.11. The molecule has 0 atom stereocenters. The predicted octanol–water partition coefficient (Wildman–Crippen LogP) is 4.89. The number of aryl methyl sites for hydroxylation is 1. The first-order valence-corrected chi connectivity index (χ1v) is 8.93. The smallest absolute Gasteiger partial charge is 0.246 e. The standard InChI is InChI=1S/C21H21NO2S/c1-15-4-9-20(25-15)10-11-21(23)22(2)14-16-5-6-18-13-19(24-3)8-7-17(18)12-16/h4-13H,14H2,1-3H3/b11-10+. The molecular formula is C21H21NO2S. The molecule has 1 amide bonds. The van der Waals surface area contributed by atoms with Gasteiger partial charge in [0.05, 0.1) is 7.11 Å². The van der Waals surface area contributed by atoms with Crippen molar-refractivity contribution in [1.29, 1.82) is 0 Å². The minimum atomic E-state index is 0.000816. The summed E-state index contributed by atoms with van der Waals surface area (Å²) in [5.41, 5.74) is 1.11. The molecule has 1 aromatic heterocycles. The second-order valence-electron chi connectivity index (χ2n) is 6.02. The maximum atomic E-state index is 12.3. The Labute approximate surface area is 152 Å². The SMILES string of the molecule is COc1ccc2cc(CN(C)C(=O)/C=C/c3ccc(C)s3)ccc2c1. The van der Waals surface area contributed by atoms with Gasteiger partial charge in [0, 0.05) is 29.4 Å². The maximum Gasteiger partial charge on any atom is 0.246 e. The van der Waals surface area contributed by atoms with Crippen molar-refractivity contribution in [2.24, 2.45) is 0 Å². The molecule has 3 rings (SSSR count). The van der Waals surface area contributed by atoms with E-state index in [4.69, 9.17) is 4.74 Å². The Hall–Kier alpha value is -2.59. The summed E-state index contributed by atoms with van der Waals surface area (Å²) in [5, 5.41) is 2.27. The molecule has 1 heterocycles. The molecule has 0 spiro atoms. The van der Waals surface area contributed by atoms with Gasteiger partial charge in [-0.2, -0.15) is 0 Å². The van der Waals surface area contributed by atoms with Crippen LogP contribution in [0.15, 0.2) is 54.6 Å². The molecule has 0 saturated carbocycles. The van der Waals surface area contributed by atoms with E-state index >= 15 is 0 Å². The zero-order chi connectivity index (χ0) is 17.8. The number of likely N-dealkylation sites (N-methyl/N-ethyl adjacent to an activating group) is 1. The lowest BCUT2D eigenvalue weighted by Gasteiger charge is -2.15. The average Bonchev–Trinajstić information content (AvgIpc) is 3.04. The number of nitrogens with zero attached hydrogens (tertiary/aromatic N) is 1. The summed E-state index contributed by atoms with van der Waals surface area (Å²) in [4.78, 5) is 16.4. The van der Waals surface area contributed by atoms with Crippen LogP contribution in [0.25, 0.3) is 16.8 Å². The zero-order valence-electron chi connectivity index (χ0n) is 14.7. The zero-order valence-corrected chi connectivity index (χ0v) is 15.5. The first kappa shape index (κ1) is 17.2. The summed E-state index contributed by atoms with van der Waals surface area (Å²) < 4.78 is 5.25. The minimum absolute atomic E-state index is 0.000816. The minimum Gasteiger partial charge on any atom is -0.497 e. The molecule has 0 unspecified atom stereocenters. The van der Waals surface area contributed by atoms with Crippen LogP contribution in [0.3, 0.4) is 0 Å². The van der Waals surface area contributed by atoms with Crippen molar-refractivity contribution < 1.29 is 9.53 Å². The van der Waals surface area contributed by atoms with Crippen LogP contribution in [-0.4, -0.2) is 25.0 Å². The second kappa shape index (κ2) is 7.53. The maximum absolute atomic E-state index is 12.3. The topological polar surface area (TPSA) is 29.5 Å². The highest BCUT2D eigenvalue weighted by molar-refractivity contribution is 7.12. The fourth-order valence-corrected chi connectivity index (χ4v) is 3.45. The highest BCUT2D eigenvalue weighted by Gasteiger charge is 2.07. The molecule has 0 aliphatic heterocycles. The van der Waals surface area contributed by atoms with Gasteiger partial charge in [0.1, 0.15) is 5.75 Å². The molecule has 0 aliphatic rings. The number of fused-ring (bicyclic) bond motifs is 1. The number of hydrogen-bond acceptors (Lipinski definition) is 3. The van der Waals surface area contributed by atoms with E-state index < -0.39 is 0 Å². The Morgan fingerprint density at radius 3 is 2.60 bits per heavy atom. The van der Waals surface area contributed by atoms with Crippen molar-refractivity contribution in [3.63, 3.8) is 0 Å². The van der Waals surface area contributed by atoms with Crippen molar-refractivity contribution in [3.05, 3.63) is 69.9 Å². The molecule has 0 radical (unpaired) electrons. The summed E-state index contributed by atoms with van der Waals surface area (Å²) in [6.07, 6.45) is 3.51. The fraction of sp³-hybridized carbons (Fsp3) is 0.190. The van der Waals surface area contributed by atoms with E-state index in [-0.39, 0.29) is 5.91 Å². The molecule has 0 aliphatic carbocycles. The van der Waals surface area contributed by atoms with Crippen molar-refractivity contribution >= 4 is 34.1 Å². The summed E-state index contributed by atoms with van der Waals surface area (Å²) in [6.45, 7) is 2.64. The van der Waals surface area contributed by atoms with Gasteiger partial charge in [0.25, 0.3) is 0 Å². The molecule has 0 N–H and O–H groups in total. The molecule has 0 bridgehead atoms. The van der Waals surface area contributed by atoms with E-state index in [0.717, 1.165) is 27.0 Å². The van der Waals surface area contributed by atoms with E-state index in [1.54, 1.807) is 29.4 Å². The van der Waals surface area contributed by atoms with Crippen LogP contribution in [0.5, 0.6) is 5.75 Å². The molecule has 0 fully saturated rings. The molecule has 25 heavy (non-hydrogen) atoms. The lowest BCUT2D eigenvalue weighted by molar-refractivity contribution is -0.125. The summed E-state index contributed by atoms with van der Waals surface area (Å²) in [7, 11) is 3.49. The van der Waals surface area contributed by atoms with Gasteiger partial charge in [-0.25, -0.2) is 0 Å². The number of benzene rings is 2. The fourth-order valence-electron chi connectivity index (χ4n) is 2.67. The number of ether oxygens (including phenoxy) is 1. The van der Waals surface area contributed by atoms with Crippen molar-refractivity contribution in [1.82, 2.24) is 4.90 Å². The van der Waals surface area contributed by atoms with Crippen molar-refractivity contribution in [2.75, 3.05) is 14.2 Å². The van der Waals surface area contributed by atoms with Crippen LogP contribution < -0.4 is 4.74 Å². The number of methoxy groups -OCH3 is 1. The highest BCUT2D eigenvalue weighted by Crippen LogP contribution is 2.22. The molecule has 4 heteroatoms. The molecule has 0 saturated heterocycles. The Morgan fingerprint density at radius 1 is 1.12 bits per heavy atom. The van der Waals surface area contributed by atoms with Crippen molar-refractivity contribution in [2.45, 2.75) is 13.5 Å². The first-order chi connectivity index (χ1) is 12.0. The number of carbonyl (C=O) groups is 1. The third-order valence-corrected chi connectivity index (χ3v) is 5.03. The van der Waals surface area contributed by atoms with Crippen LogP contribution in [0.1, 0.15) is 15.3 Å². The summed E-state index contributed by atoms with van der Waals surface area (Å²) >= 11 is 1.68. The monoisotopic (exact) mass is 351 g/mol. The van der Waals surface area contributed by atoms with E-state index in [1.807, 2.05) is 37.4 Å². The Bertz CT molecular complexity index is 927. The number of amides is 1. The predicted molar refractivity (Wildman–Crippen MR) is 105 cm³/mol. The normalized spacial score (nSPS) is 11.2. The third kappa shape index (κ3) is 4.28. The summed E-state index contributed by atoms with van der Waals surface area (Å²) in [6, 6.07) is 16.3. The third-order valence-electron chi connectivity index (χ3n) is 4.06. The Kier molecular flexibility index (Phi) is 5.19. The van der Waals surface area contributed by atoms with Gasteiger partial charge in [-0.15, -0.1) is 11.3 Å². The molecule has 128 valence electrons. The Balaban J connectivity index is 1.69. The lowest BCUT2D eigenvalue weighted by Crippen LogP contribution is -2.24. The van der Waals surface area contributed by atoms with Crippen LogP contribution in [0.2, 0.25) is 0 Å². The molecular weight excluding hydrogens is 330 g/mol. The van der Waals surface area contributed by atoms with Crippen LogP contribution >= 0.6 is 11.3 Å². The van der Waals surface area contributed by atoms with Gasteiger partial charge in [0.15, 0.2) is 0 Å². The lowest BCUT2D eigenvalue weighted by atomic mass is 10.1. The van der Waals surface area contributed by atoms with E-state index in [2.05, 4.69) is 31.2 Å². The van der Waals surface area contributed by atoms with Gasteiger partial charge in [-0.1, -0.05) is 18.2 Å². The molecule has 3 nitrogen and oxygen atoms in total. The van der Waals surface area contributed by atoms with Crippen LogP contribution in [-0.2, 0) is 11.3 Å². The molecule has 2 aromatic carbocycles. The van der Waals surface area contributed by atoms with E-state index in [9.17, 15) is 4.79 Å². The number of thiophene rings is 1. The van der Waals surface area contributed by atoms with Gasteiger partial charge >= 0.3 is 0 Å². The van der Waals surface area contributed by atoms with E-state index in [0.29, 0.717) is 6.54 Å². The molecule has 3 aromatic rings. The van der Waals surface area contributed by atoms with E-state index in [1.165, 1.54) is 4.88 Å². The summed E-state index contributed by atoms with van der Waals surface area (Å²) in [5.74, 6) is 0.849. The van der Waals surface area contributed by atoms with Gasteiger partial charge < -0.3 is 9.64 Å². The van der Waals surface area contributed by atoms with Crippen LogP contribution in [0, 0.1) is 6.92 Å². The second-order valence-corrected chi connectivity index (χ2v) is 7.34. The van der Waals surface area contributed by atoms with Gasteiger partial charge in [0.2, 0.25) is 5.91 Å². The van der Waals surface area contributed by atoms with Crippen LogP contribution in [0.4, 0.5) is 0 Å². The van der Waals surface area contributed by atoms with Gasteiger partial charge in [-0.3, -0.25) is 4.79 Å². The average molecular weight is 351 g/mol.